The fourth-order valence-corrected chi connectivity index (χ4v) is 16.3. The molecule has 0 saturated heterocycles. The van der Waals surface area contributed by atoms with Crippen LogP contribution in [0.4, 0.5) is 51.2 Å². The van der Waals surface area contributed by atoms with Crippen LogP contribution < -0.4 is 14.7 Å². The summed E-state index contributed by atoms with van der Waals surface area (Å²) in [5.74, 6) is 0. The number of rotatable bonds is 15. The molecule has 0 amide bonds. The van der Waals surface area contributed by atoms with Crippen molar-refractivity contribution in [2.45, 2.75) is 19.3 Å². The third-order valence-corrected chi connectivity index (χ3v) is 21.6. The van der Waals surface area contributed by atoms with Crippen molar-refractivity contribution in [1.82, 2.24) is 4.57 Å². The summed E-state index contributed by atoms with van der Waals surface area (Å²) in [5, 5.41) is 7.23. The Balaban J connectivity index is 0.581. The highest BCUT2D eigenvalue weighted by Crippen LogP contribution is 2.52. The molecule has 19 rings (SSSR count). The van der Waals surface area contributed by atoms with Crippen LogP contribution in [0.1, 0.15) is 25.0 Å². The zero-order chi connectivity index (χ0) is 70.0. The molecule has 18 aromatic rings. The molecule has 0 N–H and O–H groups in total. The third kappa shape index (κ3) is 11.3. The van der Waals surface area contributed by atoms with Gasteiger partial charge in [-0.2, -0.15) is 0 Å². The maximum absolute atomic E-state index is 2.42. The fourth-order valence-electron chi connectivity index (χ4n) is 16.3. The number of para-hydroxylation sites is 3. The maximum Gasteiger partial charge on any atom is 0.0541 e. The van der Waals surface area contributed by atoms with Crippen molar-refractivity contribution in [3.63, 3.8) is 0 Å². The predicted molar refractivity (Wildman–Crippen MR) is 445 cm³/mol. The lowest BCUT2D eigenvalue weighted by Crippen LogP contribution is -2.16. The molecule has 17 aromatic carbocycles. The molecular weight excluding hydrogens is 1270 g/mol. The molecule has 0 unspecified atom stereocenters. The molecule has 0 atom stereocenters. The summed E-state index contributed by atoms with van der Waals surface area (Å²) < 4.78 is 2.42. The lowest BCUT2D eigenvalue weighted by atomic mass is 9.82. The first-order chi connectivity index (χ1) is 51.8. The molecule has 0 spiro atoms. The van der Waals surface area contributed by atoms with Crippen LogP contribution in [0.25, 0.3) is 116 Å². The molecule has 496 valence electrons. The number of aromatic nitrogens is 1. The van der Waals surface area contributed by atoms with Crippen LogP contribution in [0.2, 0.25) is 0 Å². The summed E-state index contributed by atoms with van der Waals surface area (Å²) in [5.41, 5.74) is 30.5. The Hall–Kier alpha value is -13.5. The lowest BCUT2D eigenvalue weighted by Gasteiger charge is -2.28. The highest BCUT2D eigenvalue weighted by atomic mass is 15.2. The minimum atomic E-state index is -0.126. The fraction of sp³-hybridized carbons (Fsp3) is 0.0297. The molecule has 1 aliphatic rings. The maximum atomic E-state index is 2.42. The van der Waals surface area contributed by atoms with Gasteiger partial charge in [-0.3, -0.25) is 0 Å². The van der Waals surface area contributed by atoms with Crippen molar-refractivity contribution in [1.29, 1.82) is 0 Å². The zero-order valence-corrected chi connectivity index (χ0v) is 58.4. The average Bonchev–Trinajstić information content (AvgIpc) is 1.54. The molecular formula is C101H72N4. The normalized spacial score (nSPS) is 12.2. The molecule has 0 aliphatic heterocycles. The molecule has 1 aromatic heterocycles. The summed E-state index contributed by atoms with van der Waals surface area (Å²) >= 11 is 0. The summed E-state index contributed by atoms with van der Waals surface area (Å²) in [7, 11) is 0. The summed E-state index contributed by atoms with van der Waals surface area (Å²) in [6.45, 7) is 4.72. The highest BCUT2D eigenvalue weighted by molar-refractivity contribution is 6.11. The summed E-state index contributed by atoms with van der Waals surface area (Å²) in [4.78, 5) is 7.15. The van der Waals surface area contributed by atoms with E-state index in [0.29, 0.717) is 0 Å². The minimum Gasteiger partial charge on any atom is -0.310 e. The largest absolute Gasteiger partial charge is 0.310 e. The third-order valence-electron chi connectivity index (χ3n) is 21.6. The van der Waals surface area contributed by atoms with Gasteiger partial charge in [0.1, 0.15) is 0 Å². The van der Waals surface area contributed by atoms with E-state index in [4.69, 9.17) is 0 Å². The van der Waals surface area contributed by atoms with Crippen LogP contribution in [0.5, 0.6) is 0 Å². The Morgan fingerprint density at radius 3 is 1.16 bits per heavy atom. The quantitative estimate of drug-likeness (QED) is 0.102. The SMILES string of the molecule is CC1(C)c2ccccc2-c2ccc(N(c3ccc(-c4ccccc4)cc3)c3ccc(-c4ccc5c(c4)c4ccccc4n5-c4ccc(-c5ccc6c(N(c7ccccc7)c7ccc(-c8ccc(-c9ccc(N(c%10ccccc%10)c%10cccc%11ccccc%10%11)cc9)cc8)cc7)cccc6c5)cc4)cc3)cc21. The number of nitrogens with zero attached hydrogens (tertiary/aromatic N) is 4. The van der Waals surface area contributed by atoms with Crippen LogP contribution in [0.15, 0.2) is 400 Å². The van der Waals surface area contributed by atoms with Crippen LogP contribution >= 0.6 is 0 Å². The summed E-state index contributed by atoms with van der Waals surface area (Å²) in [6.07, 6.45) is 0. The Morgan fingerprint density at radius 2 is 0.581 bits per heavy atom. The van der Waals surface area contributed by atoms with E-state index in [1.54, 1.807) is 0 Å². The topological polar surface area (TPSA) is 14.7 Å². The Bertz CT molecular complexity index is 6240. The van der Waals surface area contributed by atoms with E-state index in [1.165, 1.54) is 110 Å². The van der Waals surface area contributed by atoms with Crippen molar-refractivity contribution in [2.75, 3.05) is 14.7 Å². The van der Waals surface area contributed by atoms with Gasteiger partial charge in [-0.25, -0.2) is 0 Å². The van der Waals surface area contributed by atoms with Gasteiger partial charge in [0.2, 0.25) is 0 Å². The van der Waals surface area contributed by atoms with E-state index in [1.807, 2.05) is 0 Å². The van der Waals surface area contributed by atoms with Gasteiger partial charge in [-0.15, -0.1) is 0 Å². The van der Waals surface area contributed by atoms with Gasteiger partial charge in [0.05, 0.1) is 22.4 Å². The number of hydrogen-bond acceptors (Lipinski definition) is 3. The second-order valence-corrected chi connectivity index (χ2v) is 28.1. The van der Waals surface area contributed by atoms with E-state index in [2.05, 4.69) is 433 Å². The molecule has 0 fully saturated rings. The Morgan fingerprint density at radius 1 is 0.210 bits per heavy atom. The first-order valence-electron chi connectivity index (χ1n) is 36.3. The monoisotopic (exact) mass is 1340 g/mol. The Kier molecular flexibility index (Phi) is 15.5. The lowest BCUT2D eigenvalue weighted by molar-refractivity contribution is 0.660. The van der Waals surface area contributed by atoms with Gasteiger partial charge < -0.3 is 19.3 Å². The number of anilines is 9. The first-order valence-corrected chi connectivity index (χ1v) is 36.3. The van der Waals surface area contributed by atoms with Gasteiger partial charge in [-0.05, 0) is 222 Å². The number of fused-ring (bicyclic) bond motifs is 8. The molecule has 4 heteroatoms. The minimum absolute atomic E-state index is 0.126. The average molecular weight is 1340 g/mol. The zero-order valence-electron chi connectivity index (χ0n) is 58.4. The molecule has 105 heavy (non-hydrogen) atoms. The van der Waals surface area contributed by atoms with Crippen molar-refractivity contribution in [2.24, 2.45) is 0 Å². The van der Waals surface area contributed by atoms with Crippen LogP contribution in [0, 0.1) is 0 Å². The van der Waals surface area contributed by atoms with Crippen LogP contribution in [-0.2, 0) is 5.41 Å². The van der Waals surface area contributed by atoms with Crippen molar-refractivity contribution in [3.05, 3.63) is 412 Å². The van der Waals surface area contributed by atoms with E-state index < -0.39 is 0 Å². The van der Waals surface area contributed by atoms with Crippen molar-refractivity contribution < 1.29 is 0 Å². The molecule has 0 radical (unpaired) electrons. The smallest absolute Gasteiger partial charge is 0.0541 e. The van der Waals surface area contributed by atoms with E-state index >= 15 is 0 Å². The summed E-state index contributed by atoms with van der Waals surface area (Å²) in [6, 6.07) is 147. The second-order valence-electron chi connectivity index (χ2n) is 28.1. The standard InChI is InChI=1S/C101H72N4/c1-101(2)95-32-16-14-30-91(95)92-64-62-88(68-96(92)101)102(83-52-40-72(41-53-83)69-20-6-3-7-21-69)84-54-46-76(47-55-84)79-51-65-100-94(67-79)93-31-15-17-33-99(93)105(100)87-60-48-75(49-61-87)78-50-63-90-80(66-78)24-19-35-98(90)104(82-27-10-5-11-28-82)86-58-44-74(45-59-86)71-38-36-70(37-39-71)73-42-56-85(57-43-73)103(81-25-8-4-9-26-81)97-34-18-23-77-22-12-13-29-89(77)97/h3-68H,1-2H3. The predicted octanol–water partition coefficient (Wildman–Crippen LogP) is 28.1. The van der Waals surface area contributed by atoms with Gasteiger partial charge in [0.25, 0.3) is 0 Å². The number of benzene rings is 17. The number of hydrogen-bond donors (Lipinski definition) is 0. The van der Waals surface area contributed by atoms with Gasteiger partial charge in [0.15, 0.2) is 0 Å². The first kappa shape index (κ1) is 62.5. The second kappa shape index (κ2) is 26.1. The molecule has 4 nitrogen and oxygen atoms in total. The van der Waals surface area contributed by atoms with Crippen LogP contribution in [0.3, 0.4) is 0 Å². The van der Waals surface area contributed by atoms with E-state index in [9.17, 15) is 0 Å². The molecule has 1 aliphatic carbocycles. The molecule has 0 saturated carbocycles. The van der Waals surface area contributed by atoms with Gasteiger partial charge in [0, 0.05) is 72.5 Å². The van der Waals surface area contributed by atoms with Gasteiger partial charge >= 0.3 is 0 Å². The molecule has 0 bridgehead atoms. The van der Waals surface area contributed by atoms with E-state index in [-0.39, 0.29) is 5.41 Å². The van der Waals surface area contributed by atoms with Crippen molar-refractivity contribution in [3.8, 4) is 72.4 Å². The molecule has 1 heterocycles. The van der Waals surface area contributed by atoms with E-state index in [0.717, 1.165) is 68.0 Å². The van der Waals surface area contributed by atoms with Crippen LogP contribution in [-0.4, -0.2) is 4.57 Å². The highest BCUT2D eigenvalue weighted by Gasteiger charge is 2.36. The van der Waals surface area contributed by atoms with Crippen molar-refractivity contribution >= 4 is 94.5 Å². The van der Waals surface area contributed by atoms with Gasteiger partial charge in [-0.1, -0.05) is 281 Å². The Labute approximate surface area is 613 Å².